The molecule has 1 aromatic heterocycles. The summed E-state index contributed by atoms with van der Waals surface area (Å²) in [4.78, 5) is 40.9. The Morgan fingerprint density at radius 3 is 2.75 bits per heavy atom. The van der Waals surface area contributed by atoms with Crippen LogP contribution in [0.3, 0.4) is 0 Å². The number of nitrogens with one attached hydrogen (secondary N) is 2. The maximum Gasteiger partial charge on any atom is 0.325 e. The van der Waals surface area contributed by atoms with Crippen LogP contribution in [0.1, 0.15) is 19.7 Å². The summed E-state index contributed by atoms with van der Waals surface area (Å²) in [6, 6.07) is 6.85. The van der Waals surface area contributed by atoms with Crippen LogP contribution in [-0.4, -0.2) is 46.4 Å². The molecular formula is C16H18N4O4. The first kappa shape index (κ1) is 16.0. The van der Waals surface area contributed by atoms with Gasteiger partial charge in [0.2, 0.25) is 5.91 Å². The SMILES string of the molecule is CC1(C)NC(=O)N(CC(=O)NCCc2nc3ccccc3o2)C1=O. The molecule has 1 aliphatic heterocycles. The zero-order chi connectivity index (χ0) is 17.3. The van der Waals surface area contributed by atoms with Crippen molar-refractivity contribution >= 4 is 28.9 Å². The van der Waals surface area contributed by atoms with Crippen molar-refractivity contribution in [3.63, 3.8) is 0 Å². The largest absolute Gasteiger partial charge is 0.441 e. The van der Waals surface area contributed by atoms with Gasteiger partial charge in [0.15, 0.2) is 11.5 Å². The number of para-hydroxylation sites is 2. The van der Waals surface area contributed by atoms with Gasteiger partial charge in [-0.2, -0.15) is 0 Å². The number of aromatic nitrogens is 1. The van der Waals surface area contributed by atoms with Crippen molar-refractivity contribution < 1.29 is 18.8 Å². The number of hydrogen-bond acceptors (Lipinski definition) is 5. The zero-order valence-corrected chi connectivity index (χ0v) is 13.5. The second-order valence-electron chi connectivity index (χ2n) is 6.12. The number of amides is 4. The minimum atomic E-state index is -0.977. The number of urea groups is 1. The summed E-state index contributed by atoms with van der Waals surface area (Å²) < 4.78 is 5.55. The molecule has 0 radical (unpaired) electrons. The monoisotopic (exact) mass is 330 g/mol. The molecule has 1 aromatic carbocycles. The Labute approximate surface area is 138 Å². The summed E-state index contributed by atoms with van der Waals surface area (Å²) in [5.74, 6) is -0.304. The minimum absolute atomic E-state index is 0.304. The first-order valence-corrected chi connectivity index (χ1v) is 7.62. The highest BCUT2D eigenvalue weighted by Gasteiger charge is 2.44. The number of oxazole rings is 1. The van der Waals surface area contributed by atoms with Crippen molar-refractivity contribution in [3.8, 4) is 0 Å². The minimum Gasteiger partial charge on any atom is -0.441 e. The Hall–Kier alpha value is -2.90. The molecule has 2 N–H and O–H groups in total. The van der Waals surface area contributed by atoms with E-state index in [4.69, 9.17) is 4.42 Å². The zero-order valence-electron chi connectivity index (χ0n) is 13.5. The van der Waals surface area contributed by atoms with Gasteiger partial charge in [0, 0.05) is 13.0 Å². The van der Waals surface area contributed by atoms with Gasteiger partial charge in [-0.15, -0.1) is 0 Å². The number of carbonyl (C=O) groups is 3. The topological polar surface area (TPSA) is 105 Å². The molecule has 126 valence electrons. The Bertz CT molecular complexity index is 778. The van der Waals surface area contributed by atoms with Crippen LogP contribution >= 0.6 is 0 Å². The molecule has 3 rings (SSSR count). The number of imide groups is 1. The second kappa shape index (κ2) is 5.95. The van der Waals surface area contributed by atoms with E-state index in [2.05, 4.69) is 15.6 Å². The third-order valence-corrected chi connectivity index (χ3v) is 3.75. The lowest BCUT2D eigenvalue weighted by molar-refractivity contribution is -0.134. The summed E-state index contributed by atoms with van der Waals surface area (Å²) in [5.41, 5.74) is 0.482. The smallest absolute Gasteiger partial charge is 0.325 e. The van der Waals surface area contributed by atoms with Gasteiger partial charge < -0.3 is 15.1 Å². The number of benzene rings is 1. The van der Waals surface area contributed by atoms with E-state index in [9.17, 15) is 14.4 Å². The van der Waals surface area contributed by atoms with Gasteiger partial charge in [-0.3, -0.25) is 14.5 Å². The summed E-state index contributed by atoms with van der Waals surface area (Å²) in [6.45, 7) is 3.19. The Kier molecular flexibility index (Phi) is 3.96. The fourth-order valence-corrected chi connectivity index (χ4v) is 2.50. The van der Waals surface area contributed by atoms with Crippen molar-refractivity contribution in [2.45, 2.75) is 25.8 Å². The molecule has 24 heavy (non-hydrogen) atoms. The first-order chi connectivity index (χ1) is 11.4. The van der Waals surface area contributed by atoms with Crippen molar-refractivity contribution in [1.29, 1.82) is 0 Å². The lowest BCUT2D eigenvalue weighted by Crippen LogP contribution is -2.43. The van der Waals surface area contributed by atoms with Crippen molar-refractivity contribution in [2.75, 3.05) is 13.1 Å². The van der Waals surface area contributed by atoms with E-state index in [0.717, 1.165) is 10.4 Å². The predicted molar refractivity (Wildman–Crippen MR) is 85.0 cm³/mol. The van der Waals surface area contributed by atoms with Crippen molar-refractivity contribution in [2.24, 2.45) is 0 Å². The molecule has 2 aromatic rings. The standard InChI is InChI=1S/C16H18N4O4/c1-16(2)14(22)20(15(23)19-16)9-12(21)17-8-7-13-18-10-5-3-4-6-11(10)24-13/h3-6H,7-9H2,1-2H3,(H,17,21)(H,19,23). The molecule has 0 aliphatic carbocycles. The van der Waals surface area contributed by atoms with Crippen LogP contribution in [0.25, 0.3) is 11.1 Å². The van der Waals surface area contributed by atoms with Gasteiger partial charge in [-0.05, 0) is 26.0 Å². The van der Waals surface area contributed by atoms with Gasteiger partial charge in [0.25, 0.3) is 5.91 Å². The van der Waals surface area contributed by atoms with E-state index in [0.29, 0.717) is 24.4 Å². The molecule has 1 aliphatic rings. The molecular weight excluding hydrogens is 312 g/mol. The molecule has 0 saturated carbocycles. The van der Waals surface area contributed by atoms with Crippen LogP contribution < -0.4 is 10.6 Å². The van der Waals surface area contributed by atoms with E-state index in [1.54, 1.807) is 13.8 Å². The lowest BCUT2D eigenvalue weighted by atomic mass is 10.1. The number of rotatable bonds is 5. The van der Waals surface area contributed by atoms with E-state index in [1.165, 1.54) is 0 Å². The van der Waals surface area contributed by atoms with E-state index in [-0.39, 0.29) is 6.54 Å². The van der Waals surface area contributed by atoms with Gasteiger partial charge in [-0.1, -0.05) is 12.1 Å². The fraction of sp³-hybridized carbons (Fsp3) is 0.375. The van der Waals surface area contributed by atoms with E-state index >= 15 is 0 Å². The molecule has 8 heteroatoms. The van der Waals surface area contributed by atoms with Gasteiger partial charge in [-0.25, -0.2) is 9.78 Å². The number of hydrogen-bond donors (Lipinski definition) is 2. The van der Waals surface area contributed by atoms with Crippen LogP contribution in [0.2, 0.25) is 0 Å². The molecule has 0 bridgehead atoms. The summed E-state index contributed by atoms with van der Waals surface area (Å²) >= 11 is 0. The van der Waals surface area contributed by atoms with E-state index in [1.807, 2.05) is 24.3 Å². The average Bonchev–Trinajstić information content (AvgIpc) is 3.01. The number of nitrogens with zero attached hydrogens (tertiary/aromatic N) is 2. The van der Waals surface area contributed by atoms with Crippen LogP contribution in [0.5, 0.6) is 0 Å². The van der Waals surface area contributed by atoms with Crippen molar-refractivity contribution in [1.82, 2.24) is 20.5 Å². The van der Waals surface area contributed by atoms with Crippen molar-refractivity contribution in [3.05, 3.63) is 30.2 Å². The van der Waals surface area contributed by atoms with Gasteiger partial charge in [0.05, 0.1) is 0 Å². The molecule has 1 saturated heterocycles. The van der Waals surface area contributed by atoms with Gasteiger partial charge in [0.1, 0.15) is 17.6 Å². The molecule has 8 nitrogen and oxygen atoms in total. The lowest BCUT2D eigenvalue weighted by Gasteiger charge is -2.15. The summed E-state index contributed by atoms with van der Waals surface area (Å²) in [7, 11) is 0. The highest BCUT2D eigenvalue weighted by molar-refractivity contribution is 6.08. The molecule has 1 fully saturated rings. The Morgan fingerprint density at radius 2 is 2.08 bits per heavy atom. The third-order valence-electron chi connectivity index (χ3n) is 3.75. The Morgan fingerprint density at radius 1 is 1.33 bits per heavy atom. The number of carbonyl (C=O) groups excluding carboxylic acids is 3. The molecule has 0 spiro atoms. The normalized spacial score (nSPS) is 16.5. The molecule has 2 heterocycles. The van der Waals surface area contributed by atoms with Crippen LogP contribution in [0, 0.1) is 0 Å². The first-order valence-electron chi connectivity index (χ1n) is 7.62. The molecule has 0 unspecified atom stereocenters. The molecule has 4 amide bonds. The Balaban J connectivity index is 1.51. The average molecular weight is 330 g/mol. The summed E-state index contributed by atoms with van der Waals surface area (Å²) in [6.07, 6.45) is 0.423. The van der Waals surface area contributed by atoms with Crippen LogP contribution in [0.4, 0.5) is 4.79 Å². The summed E-state index contributed by atoms with van der Waals surface area (Å²) in [5, 5.41) is 5.19. The maximum absolute atomic E-state index is 12.0. The van der Waals surface area contributed by atoms with Crippen LogP contribution in [0.15, 0.2) is 28.7 Å². The predicted octanol–water partition coefficient (Wildman–Crippen LogP) is 0.817. The fourth-order valence-electron chi connectivity index (χ4n) is 2.50. The third kappa shape index (κ3) is 3.08. The number of fused-ring (bicyclic) bond motifs is 1. The quantitative estimate of drug-likeness (QED) is 0.790. The van der Waals surface area contributed by atoms with Gasteiger partial charge >= 0.3 is 6.03 Å². The van der Waals surface area contributed by atoms with E-state index < -0.39 is 23.4 Å². The maximum atomic E-state index is 12.0. The molecule has 0 atom stereocenters. The van der Waals surface area contributed by atoms with Crippen LogP contribution in [-0.2, 0) is 16.0 Å². The highest BCUT2D eigenvalue weighted by Crippen LogP contribution is 2.16. The second-order valence-corrected chi connectivity index (χ2v) is 6.12. The highest BCUT2D eigenvalue weighted by atomic mass is 16.3.